The highest BCUT2D eigenvalue weighted by molar-refractivity contribution is 5.92. The molecule has 0 unspecified atom stereocenters. The predicted molar refractivity (Wildman–Crippen MR) is 49.4 cm³/mol. The molecule has 1 aromatic heterocycles. The number of aromatic amines is 1. The number of hydrogen-bond donors (Lipinski definition) is 3. The summed E-state index contributed by atoms with van der Waals surface area (Å²) in [4.78, 5) is 14.2. The molecule has 0 spiro atoms. The molecule has 0 aliphatic heterocycles. The molecule has 0 atom stereocenters. The molecule has 1 amide bonds. The fraction of sp³-hybridized carbons (Fsp3) is 0.444. The van der Waals surface area contributed by atoms with Gasteiger partial charge in [-0.2, -0.15) is 0 Å². The Balaban J connectivity index is 2.61. The average Bonchev–Trinajstić information content (AvgIpc) is 2.55. The molecule has 0 bridgehead atoms. The minimum atomic E-state index is -0.581. The number of rotatable bonds is 3. The van der Waals surface area contributed by atoms with Crippen molar-refractivity contribution in [2.45, 2.75) is 19.4 Å². The Hall–Kier alpha value is -1.29. The summed E-state index contributed by atoms with van der Waals surface area (Å²) in [6.45, 7) is 3.43. The number of hydrogen-bond acceptors (Lipinski definition) is 2. The van der Waals surface area contributed by atoms with Gasteiger partial charge in [0.25, 0.3) is 5.91 Å². The number of carbonyl (C=O) groups is 1. The molecule has 0 saturated heterocycles. The largest absolute Gasteiger partial charge is 0.394 e. The van der Waals surface area contributed by atoms with Crippen LogP contribution in [0.4, 0.5) is 0 Å². The van der Waals surface area contributed by atoms with E-state index in [1.165, 1.54) is 0 Å². The summed E-state index contributed by atoms with van der Waals surface area (Å²) in [6.07, 6.45) is 1.68. The van der Waals surface area contributed by atoms with Crippen molar-refractivity contribution in [3.05, 3.63) is 24.0 Å². The maximum atomic E-state index is 11.4. The van der Waals surface area contributed by atoms with E-state index >= 15 is 0 Å². The van der Waals surface area contributed by atoms with Crippen LogP contribution in [0.15, 0.2) is 18.3 Å². The van der Waals surface area contributed by atoms with Gasteiger partial charge in [0.1, 0.15) is 5.69 Å². The molecule has 1 heterocycles. The highest BCUT2D eigenvalue weighted by atomic mass is 16.3. The van der Waals surface area contributed by atoms with Gasteiger partial charge in [-0.25, -0.2) is 0 Å². The highest BCUT2D eigenvalue weighted by Gasteiger charge is 2.19. The molecule has 3 N–H and O–H groups in total. The number of aliphatic hydroxyl groups excluding tert-OH is 1. The predicted octanol–water partition coefficient (Wildman–Crippen LogP) is 0.515. The molecular formula is C9H14N2O2. The normalized spacial score (nSPS) is 11.3. The zero-order chi connectivity index (χ0) is 9.90. The summed E-state index contributed by atoms with van der Waals surface area (Å²) in [5.74, 6) is -0.205. The summed E-state index contributed by atoms with van der Waals surface area (Å²) in [5, 5.41) is 11.6. The third kappa shape index (κ3) is 2.59. The maximum Gasteiger partial charge on any atom is 0.268 e. The van der Waals surface area contributed by atoms with Crippen molar-refractivity contribution in [1.82, 2.24) is 10.3 Å². The Bertz CT molecular complexity index is 278. The lowest BCUT2D eigenvalue weighted by Crippen LogP contribution is -2.46. The second-order valence-electron chi connectivity index (χ2n) is 3.58. The average molecular weight is 182 g/mol. The van der Waals surface area contributed by atoms with Crippen molar-refractivity contribution in [3.8, 4) is 0 Å². The van der Waals surface area contributed by atoms with E-state index in [0.29, 0.717) is 5.69 Å². The number of H-pyrrole nitrogens is 1. The zero-order valence-corrected chi connectivity index (χ0v) is 7.79. The molecule has 1 rings (SSSR count). The molecular weight excluding hydrogens is 168 g/mol. The first-order valence-corrected chi connectivity index (χ1v) is 4.12. The van der Waals surface area contributed by atoms with Gasteiger partial charge in [-0.3, -0.25) is 4.79 Å². The van der Waals surface area contributed by atoms with E-state index in [-0.39, 0.29) is 12.5 Å². The number of carbonyl (C=O) groups excluding carboxylic acids is 1. The van der Waals surface area contributed by atoms with Crippen LogP contribution in [0.1, 0.15) is 24.3 Å². The Morgan fingerprint density at radius 3 is 2.85 bits per heavy atom. The van der Waals surface area contributed by atoms with Gasteiger partial charge in [0.05, 0.1) is 12.1 Å². The van der Waals surface area contributed by atoms with E-state index in [0.717, 1.165) is 0 Å². The second kappa shape index (κ2) is 3.62. The van der Waals surface area contributed by atoms with Gasteiger partial charge in [0, 0.05) is 6.20 Å². The second-order valence-corrected chi connectivity index (χ2v) is 3.58. The molecule has 0 aliphatic carbocycles. The summed E-state index contributed by atoms with van der Waals surface area (Å²) >= 11 is 0. The van der Waals surface area contributed by atoms with Gasteiger partial charge in [-0.15, -0.1) is 0 Å². The lowest BCUT2D eigenvalue weighted by molar-refractivity contribution is 0.0865. The van der Waals surface area contributed by atoms with E-state index in [2.05, 4.69) is 10.3 Å². The molecule has 4 heteroatoms. The van der Waals surface area contributed by atoms with Crippen LogP contribution in [0.2, 0.25) is 0 Å². The van der Waals surface area contributed by atoms with Crippen molar-refractivity contribution in [2.24, 2.45) is 0 Å². The molecule has 13 heavy (non-hydrogen) atoms. The van der Waals surface area contributed by atoms with Gasteiger partial charge in [0.2, 0.25) is 0 Å². The van der Waals surface area contributed by atoms with Gasteiger partial charge in [-0.05, 0) is 26.0 Å². The van der Waals surface area contributed by atoms with Crippen LogP contribution < -0.4 is 5.32 Å². The van der Waals surface area contributed by atoms with Crippen LogP contribution in [-0.2, 0) is 0 Å². The Kier molecular flexibility index (Phi) is 2.72. The number of nitrogens with one attached hydrogen (secondary N) is 2. The Morgan fingerprint density at radius 2 is 2.38 bits per heavy atom. The molecule has 0 saturated carbocycles. The quantitative estimate of drug-likeness (QED) is 0.638. The van der Waals surface area contributed by atoms with Crippen molar-refractivity contribution < 1.29 is 9.90 Å². The van der Waals surface area contributed by atoms with E-state index in [4.69, 9.17) is 5.11 Å². The van der Waals surface area contributed by atoms with Crippen LogP contribution in [0.3, 0.4) is 0 Å². The molecule has 0 aliphatic rings. The summed E-state index contributed by atoms with van der Waals surface area (Å²) in [5.41, 5.74) is -0.0797. The molecule has 0 fully saturated rings. The molecule has 0 aromatic carbocycles. The van der Waals surface area contributed by atoms with Crippen LogP contribution in [0, 0.1) is 0 Å². The first-order chi connectivity index (χ1) is 6.05. The van der Waals surface area contributed by atoms with Crippen LogP contribution in [0.5, 0.6) is 0 Å². The van der Waals surface area contributed by atoms with Crippen molar-refractivity contribution in [2.75, 3.05) is 6.61 Å². The number of aliphatic hydroxyl groups is 1. The minimum Gasteiger partial charge on any atom is -0.394 e. The molecule has 4 nitrogen and oxygen atoms in total. The third-order valence-electron chi connectivity index (χ3n) is 1.69. The summed E-state index contributed by atoms with van der Waals surface area (Å²) in [6, 6.07) is 3.43. The zero-order valence-electron chi connectivity index (χ0n) is 7.79. The van der Waals surface area contributed by atoms with Crippen LogP contribution in [0.25, 0.3) is 0 Å². The monoisotopic (exact) mass is 182 g/mol. The molecule has 72 valence electrons. The SMILES string of the molecule is CC(C)(CO)NC(=O)c1ccc[nH]1. The highest BCUT2D eigenvalue weighted by Crippen LogP contribution is 2.02. The van der Waals surface area contributed by atoms with E-state index in [9.17, 15) is 4.79 Å². The van der Waals surface area contributed by atoms with Crippen LogP contribution >= 0.6 is 0 Å². The summed E-state index contributed by atoms with van der Waals surface area (Å²) < 4.78 is 0. The van der Waals surface area contributed by atoms with Crippen LogP contribution in [-0.4, -0.2) is 28.1 Å². The molecule has 0 radical (unpaired) electrons. The Labute approximate surface area is 77.0 Å². The van der Waals surface area contributed by atoms with E-state index in [1.807, 2.05) is 0 Å². The van der Waals surface area contributed by atoms with Gasteiger partial charge in [0.15, 0.2) is 0 Å². The topological polar surface area (TPSA) is 65.1 Å². The van der Waals surface area contributed by atoms with Gasteiger partial charge in [-0.1, -0.05) is 0 Å². The van der Waals surface area contributed by atoms with Gasteiger partial charge >= 0.3 is 0 Å². The van der Waals surface area contributed by atoms with Crippen molar-refractivity contribution in [3.63, 3.8) is 0 Å². The standard InChI is InChI=1S/C9H14N2O2/c1-9(2,6-12)11-8(13)7-4-3-5-10-7/h3-5,10,12H,6H2,1-2H3,(H,11,13). The van der Waals surface area contributed by atoms with E-state index in [1.54, 1.807) is 32.2 Å². The van der Waals surface area contributed by atoms with Gasteiger partial charge < -0.3 is 15.4 Å². The minimum absolute atomic E-state index is 0.0839. The first-order valence-electron chi connectivity index (χ1n) is 4.12. The number of amides is 1. The Morgan fingerprint density at radius 1 is 1.69 bits per heavy atom. The maximum absolute atomic E-state index is 11.4. The lowest BCUT2D eigenvalue weighted by atomic mass is 10.1. The molecule has 1 aromatic rings. The fourth-order valence-electron chi connectivity index (χ4n) is 0.886. The first kappa shape index (κ1) is 9.80. The number of aromatic nitrogens is 1. The van der Waals surface area contributed by atoms with E-state index < -0.39 is 5.54 Å². The lowest BCUT2D eigenvalue weighted by Gasteiger charge is -2.22. The van der Waals surface area contributed by atoms with Crippen molar-refractivity contribution in [1.29, 1.82) is 0 Å². The van der Waals surface area contributed by atoms with Crippen molar-refractivity contribution >= 4 is 5.91 Å². The third-order valence-corrected chi connectivity index (χ3v) is 1.69. The fourth-order valence-corrected chi connectivity index (χ4v) is 0.886. The smallest absolute Gasteiger partial charge is 0.268 e. The summed E-state index contributed by atoms with van der Waals surface area (Å²) in [7, 11) is 0.